The van der Waals surface area contributed by atoms with Gasteiger partial charge in [0.05, 0.1) is 31.8 Å². The van der Waals surface area contributed by atoms with Gasteiger partial charge in [-0.15, -0.1) is 0 Å². The average Bonchev–Trinajstić information content (AvgIpc) is 2.93. The lowest BCUT2D eigenvalue weighted by molar-refractivity contribution is -0.118. The molecule has 0 bridgehead atoms. The first-order valence-electron chi connectivity index (χ1n) is 12.3. The average molecular weight is 532 g/mol. The molecule has 0 spiro atoms. The SMILES string of the molecule is CCOC(=O)c1ccc(NC(=O)COc2c(-c3ccc(OC)c(OC)c3)oc3c(C)cc(C)cc3c2=O)cc1. The predicted octanol–water partition coefficient (Wildman–Crippen LogP) is 5.29. The minimum Gasteiger partial charge on any atom is -0.493 e. The van der Waals surface area contributed by atoms with E-state index in [1.807, 2.05) is 19.9 Å². The number of esters is 1. The maximum Gasteiger partial charge on any atom is 0.338 e. The number of anilines is 1. The van der Waals surface area contributed by atoms with Gasteiger partial charge in [0.1, 0.15) is 5.58 Å². The molecule has 1 heterocycles. The quantitative estimate of drug-likeness (QED) is 0.290. The van der Waals surface area contributed by atoms with E-state index in [1.54, 1.807) is 55.5 Å². The highest BCUT2D eigenvalue weighted by molar-refractivity contribution is 5.94. The molecule has 202 valence electrons. The van der Waals surface area contributed by atoms with Crippen LogP contribution in [0.25, 0.3) is 22.3 Å². The van der Waals surface area contributed by atoms with E-state index in [-0.39, 0.29) is 18.1 Å². The summed E-state index contributed by atoms with van der Waals surface area (Å²) >= 11 is 0. The Morgan fingerprint density at radius 3 is 2.31 bits per heavy atom. The Kier molecular flexibility index (Phi) is 8.19. The van der Waals surface area contributed by atoms with Crippen molar-refractivity contribution < 1.29 is 33.0 Å². The number of carbonyl (C=O) groups is 2. The second-order valence-electron chi connectivity index (χ2n) is 8.75. The summed E-state index contributed by atoms with van der Waals surface area (Å²) < 4.78 is 27.7. The summed E-state index contributed by atoms with van der Waals surface area (Å²) in [5.74, 6) is 0.0480. The zero-order valence-corrected chi connectivity index (χ0v) is 22.4. The van der Waals surface area contributed by atoms with Gasteiger partial charge in [0.2, 0.25) is 11.2 Å². The summed E-state index contributed by atoms with van der Waals surface area (Å²) in [6.07, 6.45) is 0. The van der Waals surface area contributed by atoms with Gasteiger partial charge in [-0.05, 0) is 80.4 Å². The predicted molar refractivity (Wildman–Crippen MR) is 147 cm³/mol. The Morgan fingerprint density at radius 2 is 1.64 bits per heavy atom. The minimum absolute atomic E-state index is 0.104. The van der Waals surface area contributed by atoms with Crippen LogP contribution in [-0.4, -0.2) is 39.3 Å². The van der Waals surface area contributed by atoms with Gasteiger partial charge in [-0.1, -0.05) is 6.07 Å². The van der Waals surface area contributed by atoms with Gasteiger partial charge in [-0.25, -0.2) is 4.79 Å². The van der Waals surface area contributed by atoms with Crippen LogP contribution in [0.1, 0.15) is 28.4 Å². The van der Waals surface area contributed by atoms with Crippen LogP contribution in [0.15, 0.2) is 63.8 Å². The van der Waals surface area contributed by atoms with E-state index in [0.717, 1.165) is 11.1 Å². The molecule has 0 aliphatic carbocycles. The lowest BCUT2D eigenvalue weighted by Gasteiger charge is -2.15. The first kappa shape index (κ1) is 27.3. The van der Waals surface area contributed by atoms with Crippen LogP contribution >= 0.6 is 0 Å². The van der Waals surface area contributed by atoms with Gasteiger partial charge < -0.3 is 28.7 Å². The van der Waals surface area contributed by atoms with Crippen molar-refractivity contribution in [2.24, 2.45) is 0 Å². The minimum atomic E-state index is -0.503. The Hall–Kier alpha value is -4.79. The second kappa shape index (κ2) is 11.7. The van der Waals surface area contributed by atoms with Crippen LogP contribution < -0.4 is 25.0 Å². The van der Waals surface area contributed by atoms with E-state index in [9.17, 15) is 14.4 Å². The van der Waals surface area contributed by atoms with Crippen LogP contribution in [-0.2, 0) is 9.53 Å². The van der Waals surface area contributed by atoms with Gasteiger partial charge in [0, 0.05) is 11.3 Å². The van der Waals surface area contributed by atoms with E-state index >= 15 is 0 Å². The summed E-state index contributed by atoms with van der Waals surface area (Å²) in [6.45, 7) is 5.28. The van der Waals surface area contributed by atoms with E-state index in [4.69, 9.17) is 23.4 Å². The zero-order chi connectivity index (χ0) is 28.1. The van der Waals surface area contributed by atoms with E-state index in [0.29, 0.717) is 39.3 Å². The molecule has 1 N–H and O–H groups in total. The highest BCUT2D eigenvalue weighted by Gasteiger charge is 2.21. The van der Waals surface area contributed by atoms with Crippen molar-refractivity contribution in [1.82, 2.24) is 0 Å². The van der Waals surface area contributed by atoms with Gasteiger partial charge in [-0.2, -0.15) is 0 Å². The molecule has 0 radical (unpaired) electrons. The summed E-state index contributed by atoms with van der Waals surface area (Å²) in [7, 11) is 3.03. The molecule has 0 saturated carbocycles. The number of fused-ring (bicyclic) bond motifs is 1. The van der Waals surface area contributed by atoms with Crippen LogP contribution in [0.5, 0.6) is 17.2 Å². The number of ether oxygens (including phenoxy) is 4. The smallest absolute Gasteiger partial charge is 0.338 e. The van der Waals surface area contributed by atoms with Crippen molar-refractivity contribution in [3.63, 3.8) is 0 Å². The molecule has 4 aromatic rings. The highest BCUT2D eigenvalue weighted by atomic mass is 16.5. The zero-order valence-electron chi connectivity index (χ0n) is 22.4. The largest absolute Gasteiger partial charge is 0.493 e. The Balaban J connectivity index is 1.66. The molecule has 9 heteroatoms. The number of aryl methyl sites for hydroxylation is 2. The molecule has 0 aliphatic heterocycles. The number of methoxy groups -OCH3 is 2. The molecule has 0 atom stereocenters. The third-order valence-electron chi connectivity index (χ3n) is 5.95. The van der Waals surface area contributed by atoms with Crippen molar-refractivity contribution in [2.45, 2.75) is 20.8 Å². The van der Waals surface area contributed by atoms with Crippen molar-refractivity contribution >= 4 is 28.5 Å². The molecule has 0 saturated heterocycles. The van der Waals surface area contributed by atoms with Gasteiger partial charge in [0.15, 0.2) is 23.9 Å². The molecular formula is C30H29NO8. The topological polar surface area (TPSA) is 113 Å². The fourth-order valence-electron chi connectivity index (χ4n) is 4.17. The number of carbonyl (C=O) groups excluding carboxylic acids is 2. The monoisotopic (exact) mass is 531 g/mol. The summed E-state index contributed by atoms with van der Waals surface area (Å²) in [5.41, 5.74) is 3.03. The molecule has 39 heavy (non-hydrogen) atoms. The Bertz CT molecular complexity index is 1590. The fourth-order valence-corrected chi connectivity index (χ4v) is 4.17. The first-order valence-corrected chi connectivity index (χ1v) is 12.3. The molecule has 3 aromatic carbocycles. The molecule has 0 fully saturated rings. The molecule has 9 nitrogen and oxygen atoms in total. The normalized spacial score (nSPS) is 10.7. The second-order valence-corrected chi connectivity index (χ2v) is 8.75. The van der Waals surface area contributed by atoms with Crippen LogP contribution in [0.4, 0.5) is 5.69 Å². The maximum absolute atomic E-state index is 13.6. The summed E-state index contributed by atoms with van der Waals surface area (Å²) in [4.78, 5) is 38.2. The maximum atomic E-state index is 13.6. The lowest BCUT2D eigenvalue weighted by Crippen LogP contribution is -2.22. The number of amides is 1. The number of hydrogen-bond acceptors (Lipinski definition) is 8. The number of hydrogen-bond donors (Lipinski definition) is 1. The molecule has 0 aliphatic rings. The van der Waals surface area contributed by atoms with Gasteiger partial charge in [-0.3, -0.25) is 9.59 Å². The van der Waals surface area contributed by atoms with Crippen LogP contribution in [0.3, 0.4) is 0 Å². The third-order valence-corrected chi connectivity index (χ3v) is 5.95. The summed E-state index contributed by atoms with van der Waals surface area (Å²) in [5, 5.41) is 3.04. The molecule has 4 rings (SSSR count). The van der Waals surface area contributed by atoms with Crippen molar-refractivity contribution in [3.05, 3.63) is 81.5 Å². The van der Waals surface area contributed by atoms with E-state index in [2.05, 4.69) is 5.32 Å². The highest BCUT2D eigenvalue weighted by Crippen LogP contribution is 2.37. The van der Waals surface area contributed by atoms with Crippen molar-refractivity contribution in [2.75, 3.05) is 32.8 Å². The summed E-state index contributed by atoms with van der Waals surface area (Å²) in [6, 6.07) is 15.0. The fraction of sp³-hybridized carbons (Fsp3) is 0.233. The van der Waals surface area contributed by atoms with Gasteiger partial charge >= 0.3 is 5.97 Å². The Morgan fingerprint density at radius 1 is 0.923 bits per heavy atom. The van der Waals surface area contributed by atoms with Crippen LogP contribution in [0, 0.1) is 13.8 Å². The van der Waals surface area contributed by atoms with Gasteiger partial charge in [0.25, 0.3) is 5.91 Å². The molecule has 0 unspecified atom stereocenters. The first-order chi connectivity index (χ1) is 18.7. The standard InChI is InChI=1S/C30H29NO8/c1-6-37-30(34)19-7-10-21(11-8-19)31-25(32)16-38-29-26(33)22-14-17(2)13-18(3)27(22)39-28(29)20-9-12-23(35-4)24(15-20)36-5/h7-15H,6,16H2,1-5H3,(H,31,32). The van der Waals surface area contributed by atoms with E-state index < -0.39 is 23.9 Å². The van der Waals surface area contributed by atoms with Crippen LogP contribution in [0.2, 0.25) is 0 Å². The third kappa shape index (κ3) is 5.87. The molecule has 1 aromatic heterocycles. The van der Waals surface area contributed by atoms with Crippen molar-refractivity contribution in [1.29, 1.82) is 0 Å². The van der Waals surface area contributed by atoms with Crippen molar-refractivity contribution in [3.8, 4) is 28.6 Å². The number of benzene rings is 3. The Labute approximate surface area is 225 Å². The van der Waals surface area contributed by atoms with E-state index in [1.165, 1.54) is 14.2 Å². The number of nitrogens with one attached hydrogen (secondary N) is 1. The molecular weight excluding hydrogens is 502 g/mol. The number of rotatable bonds is 9. The lowest BCUT2D eigenvalue weighted by atomic mass is 10.0. The molecule has 1 amide bonds.